The molecule has 0 saturated heterocycles. The van der Waals surface area contributed by atoms with Gasteiger partial charge in [-0.25, -0.2) is 0 Å². The van der Waals surface area contributed by atoms with Gasteiger partial charge in [-0.15, -0.1) is 0 Å². The molecule has 0 aliphatic rings. The molecule has 0 aromatic carbocycles. The standard InChI is InChI=1S/C40H86N8O12/c49-29-21-44(22-30-50)15-3-9-41(10-4-16-45(23-31-51)24-32-52)7-1-13-43(19-20-48(37-39(57)58)38-40(59)60)14-2-8-42(11-5-17-46(25-33-53)26-34-54)12-6-18-47(27-35-55)28-36-56/h49-56H,1-38H2,(H,57,58)(H,59,60). The van der Waals surface area contributed by atoms with Crippen molar-refractivity contribution < 1.29 is 60.7 Å². The van der Waals surface area contributed by atoms with Crippen molar-refractivity contribution >= 4 is 11.9 Å². The third-order valence-corrected chi connectivity index (χ3v) is 10.5. The van der Waals surface area contributed by atoms with E-state index in [1.807, 2.05) is 19.6 Å². The van der Waals surface area contributed by atoms with Crippen molar-refractivity contribution in [3.63, 3.8) is 0 Å². The highest BCUT2D eigenvalue weighted by Crippen LogP contribution is 2.06. The third-order valence-electron chi connectivity index (χ3n) is 10.5. The predicted molar refractivity (Wildman–Crippen MR) is 231 cm³/mol. The minimum Gasteiger partial charge on any atom is -0.480 e. The molecule has 20 heteroatoms. The molecule has 0 aromatic heterocycles. The van der Waals surface area contributed by atoms with Gasteiger partial charge in [-0.3, -0.25) is 34.1 Å². The van der Waals surface area contributed by atoms with Crippen LogP contribution in [0.4, 0.5) is 0 Å². The normalized spacial score (nSPS) is 12.3. The molecule has 10 N–H and O–H groups in total. The van der Waals surface area contributed by atoms with Gasteiger partial charge in [-0.2, -0.15) is 0 Å². The van der Waals surface area contributed by atoms with Gasteiger partial charge >= 0.3 is 11.9 Å². The first-order chi connectivity index (χ1) is 29.1. The predicted octanol–water partition coefficient (Wildman–Crippen LogP) is -4.15. The number of rotatable bonds is 47. The first-order valence-corrected chi connectivity index (χ1v) is 22.2. The molecule has 0 amide bonds. The lowest BCUT2D eigenvalue weighted by Gasteiger charge is -2.30. The topological polar surface area (TPSA) is 262 Å². The molecule has 0 aliphatic heterocycles. The highest BCUT2D eigenvalue weighted by Gasteiger charge is 2.17. The molecule has 60 heavy (non-hydrogen) atoms. The average Bonchev–Trinajstić information content (AvgIpc) is 3.19. The smallest absolute Gasteiger partial charge is 0.317 e. The van der Waals surface area contributed by atoms with Gasteiger partial charge in [-0.1, -0.05) is 0 Å². The fourth-order valence-electron chi connectivity index (χ4n) is 7.47. The van der Waals surface area contributed by atoms with Crippen LogP contribution in [-0.4, -0.2) is 312 Å². The Bertz CT molecular complexity index is 848. The maximum atomic E-state index is 11.6. The Labute approximate surface area is 359 Å². The molecule has 0 heterocycles. The number of carboxylic acid groups (broad SMARTS) is 2. The van der Waals surface area contributed by atoms with Crippen molar-refractivity contribution in [1.82, 2.24) is 39.2 Å². The fraction of sp³-hybridized carbons (Fsp3) is 0.950. The van der Waals surface area contributed by atoms with E-state index < -0.39 is 11.9 Å². The molecule has 0 aliphatic carbocycles. The molecule has 0 unspecified atom stereocenters. The molecule has 0 spiro atoms. The number of hydrogen-bond acceptors (Lipinski definition) is 18. The SMILES string of the molecule is O=C(O)CN(CCN(CCCN(CCCN(CCO)CCO)CCCN(CCO)CCO)CCCN(CCCN(CCO)CCO)CCCN(CCO)CCO)CC(=O)O. The summed E-state index contributed by atoms with van der Waals surface area (Å²) in [6.07, 6.45) is 4.98. The summed E-state index contributed by atoms with van der Waals surface area (Å²) in [4.78, 5) is 39.8. The quantitative estimate of drug-likeness (QED) is 0.0278. The van der Waals surface area contributed by atoms with Gasteiger partial charge in [-0.05, 0) is 117 Å². The van der Waals surface area contributed by atoms with Crippen molar-refractivity contribution in [3.8, 4) is 0 Å². The Morgan fingerprint density at radius 1 is 0.233 bits per heavy atom. The van der Waals surface area contributed by atoms with Crippen LogP contribution in [-0.2, 0) is 9.59 Å². The van der Waals surface area contributed by atoms with E-state index in [0.717, 1.165) is 104 Å². The van der Waals surface area contributed by atoms with Crippen LogP contribution in [0.3, 0.4) is 0 Å². The maximum Gasteiger partial charge on any atom is 0.317 e. The zero-order chi connectivity index (χ0) is 44.6. The largest absolute Gasteiger partial charge is 0.480 e. The molecule has 20 nitrogen and oxygen atoms in total. The Morgan fingerprint density at radius 3 is 0.550 bits per heavy atom. The number of nitrogens with zero attached hydrogens (tertiary/aromatic N) is 8. The van der Waals surface area contributed by atoms with Crippen LogP contribution >= 0.6 is 0 Å². The number of aliphatic hydroxyl groups excluding tert-OH is 8. The van der Waals surface area contributed by atoms with E-state index in [9.17, 15) is 60.7 Å². The van der Waals surface area contributed by atoms with Gasteiger partial charge in [0.2, 0.25) is 0 Å². The van der Waals surface area contributed by atoms with Crippen LogP contribution in [0, 0.1) is 0 Å². The number of carbonyl (C=O) groups is 2. The van der Waals surface area contributed by atoms with Gasteiger partial charge in [0.05, 0.1) is 65.9 Å². The highest BCUT2D eigenvalue weighted by molar-refractivity contribution is 5.72. The lowest BCUT2D eigenvalue weighted by molar-refractivity contribution is -0.141. The zero-order valence-corrected chi connectivity index (χ0v) is 36.7. The lowest BCUT2D eigenvalue weighted by Crippen LogP contribution is -2.42. The van der Waals surface area contributed by atoms with Crippen LogP contribution in [0.2, 0.25) is 0 Å². The van der Waals surface area contributed by atoms with E-state index in [1.165, 1.54) is 4.90 Å². The van der Waals surface area contributed by atoms with Crippen LogP contribution in [0.25, 0.3) is 0 Å². The van der Waals surface area contributed by atoms with E-state index in [0.29, 0.717) is 72.0 Å². The van der Waals surface area contributed by atoms with E-state index in [-0.39, 0.29) is 72.5 Å². The molecule has 0 fully saturated rings. The molecule has 0 radical (unpaired) electrons. The molecule has 0 rings (SSSR count). The summed E-state index contributed by atoms with van der Waals surface area (Å²) in [5.74, 6) is -2.18. The molecule has 358 valence electrons. The maximum absolute atomic E-state index is 11.6. The molecule has 0 bridgehead atoms. The van der Waals surface area contributed by atoms with E-state index in [2.05, 4.69) is 14.7 Å². The second kappa shape index (κ2) is 41.3. The van der Waals surface area contributed by atoms with Crippen molar-refractivity contribution in [1.29, 1.82) is 0 Å². The Morgan fingerprint density at radius 2 is 0.383 bits per heavy atom. The van der Waals surface area contributed by atoms with E-state index in [4.69, 9.17) is 0 Å². The second-order valence-corrected chi connectivity index (χ2v) is 15.3. The summed E-state index contributed by atoms with van der Waals surface area (Å²) < 4.78 is 0. The summed E-state index contributed by atoms with van der Waals surface area (Å²) in [6.45, 7) is 13.2. The number of hydrogen-bond donors (Lipinski definition) is 10. The van der Waals surface area contributed by atoms with Gasteiger partial charge in [0.15, 0.2) is 0 Å². The Balaban J connectivity index is 5.90. The molecular weight excluding hydrogens is 784 g/mol. The number of carboxylic acids is 2. The average molecular weight is 871 g/mol. The van der Waals surface area contributed by atoms with Crippen molar-refractivity contribution in [2.75, 3.05) is 210 Å². The summed E-state index contributed by atoms with van der Waals surface area (Å²) in [7, 11) is 0. The van der Waals surface area contributed by atoms with Crippen LogP contribution in [0.5, 0.6) is 0 Å². The van der Waals surface area contributed by atoms with Gasteiger partial charge in [0, 0.05) is 65.4 Å². The van der Waals surface area contributed by atoms with E-state index >= 15 is 0 Å². The summed E-state index contributed by atoms with van der Waals surface area (Å²) in [5.41, 5.74) is 0. The van der Waals surface area contributed by atoms with Crippen molar-refractivity contribution in [2.45, 2.75) is 38.5 Å². The molecule has 0 aromatic rings. The van der Waals surface area contributed by atoms with Crippen LogP contribution in [0.1, 0.15) is 38.5 Å². The number of aliphatic carboxylic acids is 2. The highest BCUT2D eigenvalue weighted by atomic mass is 16.4. The Hall–Kier alpha value is -1.70. The fourth-order valence-corrected chi connectivity index (χ4v) is 7.47. The van der Waals surface area contributed by atoms with Crippen LogP contribution < -0.4 is 0 Å². The van der Waals surface area contributed by atoms with E-state index in [1.54, 1.807) is 0 Å². The zero-order valence-electron chi connectivity index (χ0n) is 36.7. The van der Waals surface area contributed by atoms with Crippen LogP contribution in [0.15, 0.2) is 0 Å². The van der Waals surface area contributed by atoms with Gasteiger partial charge in [0.25, 0.3) is 0 Å². The minimum atomic E-state index is -1.09. The lowest BCUT2D eigenvalue weighted by atomic mass is 10.2. The third kappa shape index (κ3) is 33.9. The molecule has 0 saturated carbocycles. The molecular formula is C40H86N8O12. The summed E-state index contributed by atoms with van der Waals surface area (Å²) in [6, 6.07) is 0. The number of aliphatic hydroxyl groups is 8. The summed E-state index contributed by atoms with van der Waals surface area (Å²) in [5, 5.41) is 94.6. The monoisotopic (exact) mass is 871 g/mol. The minimum absolute atomic E-state index is 0.0148. The summed E-state index contributed by atoms with van der Waals surface area (Å²) >= 11 is 0. The van der Waals surface area contributed by atoms with Gasteiger partial charge in [0.1, 0.15) is 0 Å². The Kier molecular flexibility index (Phi) is 40.1. The first-order valence-electron chi connectivity index (χ1n) is 22.2. The van der Waals surface area contributed by atoms with Crippen molar-refractivity contribution in [3.05, 3.63) is 0 Å². The second-order valence-electron chi connectivity index (χ2n) is 15.3. The first kappa shape index (κ1) is 58.3. The molecule has 0 atom stereocenters. The van der Waals surface area contributed by atoms with Gasteiger partial charge < -0.3 is 65.8 Å². The van der Waals surface area contributed by atoms with Crippen molar-refractivity contribution in [2.24, 2.45) is 0 Å².